The van der Waals surface area contributed by atoms with Gasteiger partial charge in [-0.05, 0) is 32.0 Å². The Morgan fingerprint density at radius 3 is 2.96 bits per heavy atom. The molecule has 0 bridgehead atoms. The van der Waals surface area contributed by atoms with E-state index in [-0.39, 0.29) is 17.5 Å². The number of methoxy groups -OCH3 is 1. The van der Waals surface area contributed by atoms with Crippen molar-refractivity contribution in [3.63, 3.8) is 0 Å². The molecular weight excluding hydrogens is 375 g/mol. The standard InChI is InChI=1S/C17H19FN4O2S2/c1-10-11(2)22(6-7-24-3)17(19-10)25-9-15(23)21-16-20-13-5-4-12(18)8-14(13)26-16/h4-5,8H,6-7,9H2,1-3H3,(H,20,21,23). The van der Waals surface area contributed by atoms with Crippen molar-refractivity contribution in [1.29, 1.82) is 0 Å². The van der Waals surface area contributed by atoms with Gasteiger partial charge >= 0.3 is 0 Å². The summed E-state index contributed by atoms with van der Waals surface area (Å²) in [4.78, 5) is 21.1. The van der Waals surface area contributed by atoms with Crippen LogP contribution < -0.4 is 5.32 Å². The summed E-state index contributed by atoms with van der Waals surface area (Å²) in [6.45, 7) is 5.22. The van der Waals surface area contributed by atoms with Gasteiger partial charge in [0.15, 0.2) is 10.3 Å². The van der Waals surface area contributed by atoms with E-state index in [2.05, 4.69) is 19.9 Å². The second kappa shape index (κ2) is 8.15. The van der Waals surface area contributed by atoms with Gasteiger partial charge in [0, 0.05) is 19.3 Å². The Bertz CT molecular complexity index is 938. The highest BCUT2D eigenvalue weighted by Gasteiger charge is 2.14. The van der Waals surface area contributed by atoms with Gasteiger partial charge in [0.25, 0.3) is 0 Å². The van der Waals surface area contributed by atoms with Crippen LogP contribution in [-0.4, -0.2) is 39.9 Å². The topological polar surface area (TPSA) is 69.0 Å². The first-order valence-electron chi connectivity index (χ1n) is 7.99. The Balaban J connectivity index is 1.64. The minimum absolute atomic E-state index is 0.175. The molecule has 1 aromatic carbocycles. The lowest BCUT2D eigenvalue weighted by molar-refractivity contribution is -0.113. The largest absolute Gasteiger partial charge is 0.383 e. The molecule has 9 heteroatoms. The average Bonchev–Trinajstić information content (AvgIpc) is 3.11. The zero-order chi connectivity index (χ0) is 18.7. The number of carbonyl (C=O) groups is 1. The van der Waals surface area contributed by atoms with Crippen LogP contribution in [0.3, 0.4) is 0 Å². The van der Waals surface area contributed by atoms with Gasteiger partial charge in [0.2, 0.25) is 5.91 Å². The van der Waals surface area contributed by atoms with Crippen LogP contribution in [0.15, 0.2) is 23.4 Å². The minimum atomic E-state index is -0.316. The maximum Gasteiger partial charge on any atom is 0.236 e. The van der Waals surface area contributed by atoms with Gasteiger partial charge in [0.1, 0.15) is 5.82 Å². The molecular formula is C17H19FN4O2S2. The number of aromatic nitrogens is 3. The molecule has 0 unspecified atom stereocenters. The minimum Gasteiger partial charge on any atom is -0.383 e. The van der Waals surface area contributed by atoms with Crippen LogP contribution >= 0.6 is 23.1 Å². The lowest BCUT2D eigenvalue weighted by Gasteiger charge is -2.08. The average molecular weight is 394 g/mol. The van der Waals surface area contributed by atoms with E-state index in [1.165, 1.54) is 35.2 Å². The summed E-state index contributed by atoms with van der Waals surface area (Å²) < 4.78 is 21.1. The van der Waals surface area contributed by atoms with Gasteiger partial charge in [-0.15, -0.1) is 0 Å². The van der Waals surface area contributed by atoms with Crippen molar-refractivity contribution in [2.45, 2.75) is 25.5 Å². The third kappa shape index (κ3) is 4.22. The predicted molar refractivity (Wildman–Crippen MR) is 103 cm³/mol. The van der Waals surface area contributed by atoms with Crippen LogP contribution in [0.5, 0.6) is 0 Å². The predicted octanol–water partition coefficient (Wildman–Crippen LogP) is 3.63. The van der Waals surface area contributed by atoms with E-state index in [0.29, 0.717) is 28.5 Å². The number of amides is 1. The van der Waals surface area contributed by atoms with E-state index in [4.69, 9.17) is 4.74 Å². The molecule has 2 aromatic heterocycles. The van der Waals surface area contributed by atoms with Crippen molar-refractivity contribution in [3.8, 4) is 0 Å². The van der Waals surface area contributed by atoms with Crippen molar-refractivity contribution in [1.82, 2.24) is 14.5 Å². The summed E-state index contributed by atoms with van der Waals surface area (Å²) >= 11 is 2.62. The second-order valence-electron chi connectivity index (χ2n) is 5.68. The molecule has 3 aromatic rings. The highest BCUT2D eigenvalue weighted by atomic mass is 32.2. The first kappa shape index (κ1) is 18.8. The monoisotopic (exact) mass is 394 g/mol. The lowest BCUT2D eigenvalue weighted by atomic mass is 10.3. The summed E-state index contributed by atoms with van der Waals surface area (Å²) in [5, 5.41) is 4.02. The first-order chi connectivity index (χ1) is 12.5. The number of halogens is 1. The van der Waals surface area contributed by atoms with Gasteiger partial charge in [-0.1, -0.05) is 23.1 Å². The first-order valence-corrected chi connectivity index (χ1v) is 9.79. The fourth-order valence-electron chi connectivity index (χ4n) is 2.42. The number of hydrogen-bond acceptors (Lipinski definition) is 6. The van der Waals surface area contributed by atoms with Gasteiger partial charge in [0.05, 0.1) is 28.3 Å². The summed E-state index contributed by atoms with van der Waals surface area (Å²) in [5.74, 6) is -0.276. The van der Waals surface area contributed by atoms with E-state index < -0.39 is 0 Å². The van der Waals surface area contributed by atoms with Crippen molar-refractivity contribution in [2.75, 3.05) is 24.8 Å². The number of aryl methyl sites for hydroxylation is 1. The number of benzene rings is 1. The van der Waals surface area contributed by atoms with Crippen LogP contribution in [0, 0.1) is 19.7 Å². The number of rotatable bonds is 7. The molecule has 3 rings (SSSR count). The molecule has 6 nitrogen and oxygen atoms in total. The fraction of sp³-hybridized carbons (Fsp3) is 0.353. The number of imidazole rings is 1. The van der Waals surface area contributed by atoms with Crippen LogP contribution in [0.2, 0.25) is 0 Å². The maximum absolute atomic E-state index is 13.2. The summed E-state index contributed by atoms with van der Waals surface area (Å²) in [5.41, 5.74) is 2.68. The summed E-state index contributed by atoms with van der Waals surface area (Å²) in [7, 11) is 1.66. The normalized spacial score (nSPS) is 11.2. The summed E-state index contributed by atoms with van der Waals surface area (Å²) in [6, 6.07) is 4.37. The number of thiazole rings is 1. The molecule has 2 heterocycles. The third-order valence-corrected chi connectivity index (χ3v) is 5.78. The Hall–Kier alpha value is -1.97. The number of carbonyl (C=O) groups excluding carboxylic acids is 1. The molecule has 0 saturated carbocycles. The van der Waals surface area contributed by atoms with Crippen molar-refractivity contribution >= 4 is 44.4 Å². The van der Waals surface area contributed by atoms with Crippen molar-refractivity contribution in [3.05, 3.63) is 35.4 Å². The van der Waals surface area contributed by atoms with Gasteiger partial charge in [-0.3, -0.25) is 4.79 Å². The molecule has 0 aliphatic carbocycles. The molecule has 1 N–H and O–H groups in total. The van der Waals surface area contributed by atoms with Crippen LogP contribution in [0.4, 0.5) is 9.52 Å². The lowest BCUT2D eigenvalue weighted by Crippen LogP contribution is -2.15. The van der Waals surface area contributed by atoms with E-state index in [9.17, 15) is 9.18 Å². The number of thioether (sulfide) groups is 1. The number of anilines is 1. The van der Waals surface area contributed by atoms with E-state index in [1.807, 2.05) is 13.8 Å². The Labute approximate surface area is 158 Å². The zero-order valence-electron chi connectivity index (χ0n) is 14.7. The molecule has 0 spiro atoms. The maximum atomic E-state index is 13.2. The number of nitrogens with zero attached hydrogens (tertiary/aromatic N) is 3. The molecule has 0 radical (unpaired) electrons. The Morgan fingerprint density at radius 2 is 2.19 bits per heavy atom. The SMILES string of the molecule is COCCn1c(SCC(=O)Nc2nc3ccc(F)cc3s2)nc(C)c1C. The highest BCUT2D eigenvalue weighted by Crippen LogP contribution is 2.27. The zero-order valence-corrected chi connectivity index (χ0v) is 16.3. The van der Waals surface area contributed by atoms with Crippen LogP contribution in [0.25, 0.3) is 10.2 Å². The van der Waals surface area contributed by atoms with Crippen LogP contribution in [0.1, 0.15) is 11.4 Å². The van der Waals surface area contributed by atoms with Gasteiger partial charge in [-0.25, -0.2) is 14.4 Å². The number of nitrogens with one attached hydrogen (secondary N) is 1. The number of hydrogen-bond donors (Lipinski definition) is 1. The van der Waals surface area contributed by atoms with E-state index >= 15 is 0 Å². The van der Waals surface area contributed by atoms with Crippen molar-refractivity contribution < 1.29 is 13.9 Å². The molecule has 0 saturated heterocycles. The Morgan fingerprint density at radius 1 is 1.38 bits per heavy atom. The molecule has 0 aliphatic rings. The van der Waals surface area contributed by atoms with Gasteiger partial charge < -0.3 is 14.6 Å². The number of fused-ring (bicyclic) bond motifs is 1. The molecule has 1 amide bonds. The van der Waals surface area contributed by atoms with Crippen LogP contribution in [-0.2, 0) is 16.1 Å². The quantitative estimate of drug-likeness (QED) is 0.620. The number of ether oxygens (including phenoxy) is 1. The molecule has 0 fully saturated rings. The third-order valence-electron chi connectivity index (χ3n) is 3.87. The molecule has 0 aliphatic heterocycles. The fourth-order valence-corrected chi connectivity index (χ4v) is 4.24. The second-order valence-corrected chi connectivity index (χ2v) is 7.65. The van der Waals surface area contributed by atoms with E-state index in [1.54, 1.807) is 13.2 Å². The van der Waals surface area contributed by atoms with Gasteiger partial charge in [-0.2, -0.15) is 0 Å². The smallest absolute Gasteiger partial charge is 0.236 e. The molecule has 26 heavy (non-hydrogen) atoms. The summed E-state index contributed by atoms with van der Waals surface area (Å²) in [6.07, 6.45) is 0. The Kier molecular flexibility index (Phi) is 5.90. The molecule has 138 valence electrons. The van der Waals surface area contributed by atoms with E-state index in [0.717, 1.165) is 16.5 Å². The molecule has 0 atom stereocenters. The van der Waals surface area contributed by atoms with Crippen molar-refractivity contribution in [2.24, 2.45) is 0 Å². The highest BCUT2D eigenvalue weighted by molar-refractivity contribution is 7.99.